The fourth-order valence-electron chi connectivity index (χ4n) is 4.48. The van der Waals surface area contributed by atoms with Crippen LogP contribution in [-0.4, -0.2) is 31.7 Å². The summed E-state index contributed by atoms with van der Waals surface area (Å²) in [6, 6.07) is 6.17. The van der Waals surface area contributed by atoms with Gasteiger partial charge in [0, 0.05) is 35.0 Å². The molecule has 0 N–H and O–H groups in total. The van der Waals surface area contributed by atoms with Gasteiger partial charge in [0.05, 0.1) is 17.2 Å². The number of nitrogens with zero attached hydrogens (tertiary/aromatic N) is 5. The van der Waals surface area contributed by atoms with Crippen LogP contribution in [0.15, 0.2) is 29.8 Å². The molecule has 0 spiro atoms. The normalized spacial score (nSPS) is 22.9. The van der Waals surface area contributed by atoms with Gasteiger partial charge in [0.15, 0.2) is 5.82 Å². The molecule has 27 heavy (non-hydrogen) atoms. The Morgan fingerprint density at radius 3 is 2.67 bits per heavy atom. The molecule has 1 aromatic carbocycles. The smallest absolute Gasteiger partial charge is 0.151 e. The van der Waals surface area contributed by atoms with E-state index in [2.05, 4.69) is 49.2 Å². The lowest BCUT2D eigenvalue weighted by Crippen LogP contribution is -2.17. The van der Waals surface area contributed by atoms with Gasteiger partial charge >= 0.3 is 0 Å². The highest BCUT2D eigenvalue weighted by Crippen LogP contribution is 2.41. The summed E-state index contributed by atoms with van der Waals surface area (Å²) in [5, 5.41) is 13.4. The zero-order valence-electron chi connectivity index (χ0n) is 15.3. The van der Waals surface area contributed by atoms with Crippen molar-refractivity contribution in [3.05, 3.63) is 57.0 Å². The maximum atomic E-state index is 6.27. The van der Waals surface area contributed by atoms with Crippen molar-refractivity contribution in [1.82, 2.24) is 24.6 Å². The van der Waals surface area contributed by atoms with E-state index in [9.17, 15) is 0 Å². The monoisotopic (exact) mass is 399 g/mol. The van der Waals surface area contributed by atoms with Gasteiger partial charge in [0.1, 0.15) is 5.82 Å². The summed E-state index contributed by atoms with van der Waals surface area (Å²) in [5.41, 5.74) is 2.42. The Hall–Kier alpha value is -1.76. The highest BCUT2D eigenvalue weighted by atomic mass is 35.5. The molecule has 0 unspecified atom stereocenters. The zero-order chi connectivity index (χ0) is 18.4. The molecule has 5 nitrogen and oxygen atoms in total. The molecule has 3 heterocycles. The third-order valence-electron chi connectivity index (χ3n) is 5.78. The fraction of sp³-hybridized carbons (Fsp3) is 0.450. The van der Waals surface area contributed by atoms with Crippen LogP contribution < -0.4 is 0 Å². The van der Waals surface area contributed by atoms with Crippen LogP contribution in [0.4, 0.5) is 0 Å². The zero-order valence-corrected chi connectivity index (χ0v) is 16.9. The van der Waals surface area contributed by atoms with Crippen LogP contribution in [0.5, 0.6) is 0 Å². The lowest BCUT2D eigenvalue weighted by molar-refractivity contribution is 0.315. The molecule has 0 saturated heterocycles. The van der Waals surface area contributed by atoms with Crippen molar-refractivity contribution in [2.45, 2.75) is 50.6 Å². The molecular formula is C20H22ClN5S. The van der Waals surface area contributed by atoms with Crippen LogP contribution in [0.3, 0.4) is 0 Å². The molecule has 3 aromatic rings. The predicted molar refractivity (Wildman–Crippen MR) is 108 cm³/mol. The predicted octanol–water partition coefficient (Wildman–Crippen LogP) is 4.76. The number of halogens is 1. The van der Waals surface area contributed by atoms with E-state index in [1.807, 2.05) is 12.3 Å². The molecule has 1 fully saturated rings. The summed E-state index contributed by atoms with van der Waals surface area (Å²) < 4.78 is 2.30. The SMILES string of the molecule is CN1Cc2cc(Cl)ccc2-n2c(nnc2[C@H]2CC[C@H](c3nccs3)CC2)C1. The Labute approximate surface area is 168 Å². The van der Waals surface area contributed by atoms with Gasteiger partial charge in [0.2, 0.25) is 0 Å². The minimum absolute atomic E-state index is 0.453. The van der Waals surface area contributed by atoms with Gasteiger partial charge in [0.25, 0.3) is 0 Å². The number of rotatable bonds is 2. The number of hydrogen-bond acceptors (Lipinski definition) is 5. The molecule has 1 aliphatic carbocycles. The summed E-state index contributed by atoms with van der Waals surface area (Å²) in [7, 11) is 2.12. The Morgan fingerprint density at radius 1 is 1.07 bits per heavy atom. The van der Waals surface area contributed by atoms with Crippen molar-refractivity contribution >= 4 is 22.9 Å². The molecule has 0 bridgehead atoms. The van der Waals surface area contributed by atoms with Gasteiger partial charge in [-0.05, 0) is 56.5 Å². The maximum Gasteiger partial charge on any atom is 0.151 e. The van der Waals surface area contributed by atoms with Gasteiger partial charge < -0.3 is 0 Å². The summed E-state index contributed by atoms with van der Waals surface area (Å²) in [5.74, 6) is 3.19. The number of hydrogen-bond donors (Lipinski definition) is 0. The molecule has 0 atom stereocenters. The van der Waals surface area contributed by atoms with E-state index < -0.39 is 0 Å². The van der Waals surface area contributed by atoms with Crippen molar-refractivity contribution in [2.24, 2.45) is 0 Å². The molecule has 7 heteroatoms. The fourth-order valence-corrected chi connectivity index (χ4v) is 5.49. The first-order valence-electron chi connectivity index (χ1n) is 9.50. The van der Waals surface area contributed by atoms with Crippen LogP contribution in [0.25, 0.3) is 5.69 Å². The van der Waals surface area contributed by atoms with Gasteiger partial charge in [-0.25, -0.2) is 4.98 Å². The third-order valence-corrected chi connectivity index (χ3v) is 6.96. The Kier molecular flexibility index (Phi) is 4.50. The van der Waals surface area contributed by atoms with Gasteiger partial charge in [-0.2, -0.15) is 0 Å². The van der Waals surface area contributed by atoms with E-state index in [0.29, 0.717) is 11.8 Å². The minimum Gasteiger partial charge on any atom is -0.295 e. The van der Waals surface area contributed by atoms with E-state index in [1.165, 1.54) is 29.1 Å². The van der Waals surface area contributed by atoms with E-state index >= 15 is 0 Å². The van der Waals surface area contributed by atoms with Gasteiger partial charge in [-0.3, -0.25) is 9.47 Å². The van der Waals surface area contributed by atoms with Crippen LogP contribution >= 0.6 is 22.9 Å². The Balaban J connectivity index is 1.47. The summed E-state index contributed by atoms with van der Waals surface area (Å²) in [6.45, 7) is 1.67. The number of fused-ring (bicyclic) bond motifs is 3. The molecular weight excluding hydrogens is 378 g/mol. The van der Waals surface area contributed by atoms with Crippen LogP contribution in [0, 0.1) is 0 Å². The molecule has 1 aliphatic heterocycles. The van der Waals surface area contributed by atoms with Crippen LogP contribution in [0.1, 0.15) is 59.7 Å². The first-order chi connectivity index (χ1) is 13.2. The first-order valence-corrected chi connectivity index (χ1v) is 10.8. The Bertz CT molecular complexity index is 943. The van der Waals surface area contributed by atoms with Crippen LogP contribution in [-0.2, 0) is 13.1 Å². The number of benzene rings is 1. The van der Waals surface area contributed by atoms with E-state index in [4.69, 9.17) is 11.6 Å². The molecule has 0 radical (unpaired) electrons. The maximum absolute atomic E-state index is 6.27. The van der Waals surface area contributed by atoms with Crippen molar-refractivity contribution in [2.75, 3.05) is 7.05 Å². The van der Waals surface area contributed by atoms with E-state index in [0.717, 1.165) is 42.6 Å². The Morgan fingerprint density at radius 2 is 1.89 bits per heavy atom. The van der Waals surface area contributed by atoms with Gasteiger partial charge in [-0.1, -0.05) is 11.6 Å². The molecule has 2 aliphatic rings. The molecule has 1 saturated carbocycles. The van der Waals surface area contributed by atoms with Crippen molar-refractivity contribution in [3.63, 3.8) is 0 Å². The second-order valence-electron chi connectivity index (χ2n) is 7.67. The highest BCUT2D eigenvalue weighted by Gasteiger charge is 2.31. The summed E-state index contributed by atoms with van der Waals surface area (Å²) >= 11 is 8.05. The lowest BCUT2D eigenvalue weighted by Gasteiger charge is -2.27. The van der Waals surface area contributed by atoms with Crippen LogP contribution in [0.2, 0.25) is 5.02 Å². The molecule has 2 aromatic heterocycles. The highest BCUT2D eigenvalue weighted by molar-refractivity contribution is 7.09. The van der Waals surface area contributed by atoms with E-state index in [-0.39, 0.29) is 0 Å². The average molecular weight is 400 g/mol. The largest absolute Gasteiger partial charge is 0.295 e. The second-order valence-corrected chi connectivity index (χ2v) is 9.04. The summed E-state index contributed by atoms with van der Waals surface area (Å²) in [4.78, 5) is 6.79. The third kappa shape index (κ3) is 3.20. The first kappa shape index (κ1) is 17.3. The standard InChI is InChI=1S/C20H22ClN5S/c1-25-11-15-10-16(21)6-7-17(15)26-18(12-25)23-24-19(26)13-2-4-14(5-3-13)20-22-8-9-27-20/h6-10,13-14H,2-5,11-12H2,1H3/t13-,14-. The van der Waals surface area contributed by atoms with Gasteiger partial charge in [-0.15, -0.1) is 21.5 Å². The quantitative estimate of drug-likeness (QED) is 0.623. The average Bonchev–Trinajstić information content (AvgIpc) is 3.30. The molecule has 140 valence electrons. The van der Waals surface area contributed by atoms with Crippen molar-refractivity contribution in [3.8, 4) is 5.69 Å². The minimum atomic E-state index is 0.453. The van der Waals surface area contributed by atoms with Crippen molar-refractivity contribution in [1.29, 1.82) is 0 Å². The second kappa shape index (κ2) is 7.00. The summed E-state index contributed by atoms with van der Waals surface area (Å²) in [6.07, 6.45) is 6.55. The lowest BCUT2D eigenvalue weighted by atomic mass is 9.82. The molecule has 0 amide bonds. The van der Waals surface area contributed by atoms with Crippen molar-refractivity contribution < 1.29 is 0 Å². The molecule has 5 rings (SSSR count). The topological polar surface area (TPSA) is 46.8 Å². The number of aromatic nitrogens is 4. The van der Waals surface area contributed by atoms with E-state index in [1.54, 1.807) is 11.3 Å². The number of thiazole rings is 1.